The fourth-order valence-electron chi connectivity index (χ4n) is 2.44. The molecular weight excluding hydrogens is 283 g/mol. The van der Waals surface area contributed by atoms with Gasteiger partial charge >= 0.3 is 0 Å². The molecule has 23 heavy (non-hydrogen) atoms. The molecule has 1 aromatic heterocycles. The molecule has 4 heteroatoms. The molecule has 3 nitrogen and oxygen atoms in total. The summed E-state index contributed by atoms with van der Waals surface area (Å²) in [6.45, 7) is 4.63. The highest BCUT2D eigenvalue weighted by Crippen LogP contribution is 2.07. The van der Waals surface area contributed by atoms with Crippen LogP contribution in [0.5, 0.6) is 5.75 Å². The van der Waals surface area contributed by atoms with Crippen LogP contribution in [0, 0.1) is 0 Å². The number of benzene rings is 2. The quantitative estimate of drug-likeness (QED) is 0.753. The van der Waals surface area contributed by atoms with E-state index >= 15 is 0 Å². The van der Waals surface area contributed by atoms with Crippen molar-refractivity contribution in [2.75, 3.05) is 7.11 Å². The number of hydrogen-bond acceptors (Lipinski definition) is 2. The minimum atomic E-state index is 0.359. The first-order valence-corrected chi connectivity index (χ1v) is 7.92. The van der Waals surface area contributed by atoms with Crippen LogP contribution >= 0.6 is 0 Å². The molecule has 0 unspecified atom stereocenters. The van der Waals surface area contributed by atoms with Gasteiger partial charge in [-0.15, -0.1) is 0 Å². The molecule has 0 atom stereocenters. The van der Waals surface area contributed by atoms with Gasteiger partial charge in [-0.1, -0.05) is 67.7 Å². The summed E-state index contributed by atoms with van der Waals surface area (Å²) < 4.78 is 5.39. The molecule has 3 rings (SSSR count). The van der Waals surface area contributed by atoms with Gasteiger partial charge in [-0.3, -0.25) is 0 Å². The summed E-state index contributed by atoms with van der Waals surface area (Å²) in [5, 5.41) is 0. The Morgan fingerprint density at radius 2 is 1.74 bits per heavy atom. The normalized spacial score (nSPS) is 9.70. The van der Waals surface area contributed by atoms with Crippen LogP contribution < -0.4 is 15.7 Å². The van der Waals surface area contributed by atoms with Gasteiger partial charge in [0.2, 0.25) is 6.71 Å². The lowest BCUT2D eigenvalue weighted by atomic mass is 9.42. The van der Waals surface area contributed by atoms with Gasteiger partial charge in [0.25, 0.3) is 0 Å². The van der Waals surface area contributed by atoms with E-state index in [9.17, 15) is 0 Å². The zero-order chi connectivity index (χ0) is 16.5. The first-order chi connectivity index (χ1) is 11.3. The number of aromatic amines is 1. The highest BCUT2D eigenvalue weighted by molar-refractivity contribution is 6.84. The predicted octanol–water partition coefficient (Wildman–Crippen LogP) is 2.91. The van der Waals surface area contributed by atoms with Crippen LogP contribution in [0.25, 0.3) is 0 Å². The van der Waals surface area contributed by atoms with E-state index in [0.29, 0.717) is 6.71 Å². The summed E-state index contributed by atoms with van der Waals surface area (Å²) in [4.78, 5) is 6.95. The van der Waals surface area contributed by atoms with Crippen LogP contribution in [0.4, 0.5) is 0 Å². The fourth-order valence-corrected chi connectivity index (χ4v) is 2.44. The van der Waals surface area contributed by atoms with Gasteiger partial charge in [-0.05, 0) is 11.5 Å². The molecule has 0 amide bonds. The molecule has 118 valence electrons. The second-order valence-corrected chi connectivity index (χ2v) is 5.26. The average molecular weight is 306 g/mol. The van der Waals surface area contributed by atoms with Gasteiger partial charge < -0.3 is 9.72 Å². The molecule has 0 bridgehead atoms. The minimum Gasteiger partial charge on any atom is -0.497 e. The van der Waals surface area contributed by atoms with Crippen molar-refractivity contribution in [2.45, 2.75) is 20.2 Å². The minimum absolute atomic E-state index is 0.359. The summed E-state index contributed by atoms with van der Waals surface area (Å²) in [6.07, 6.45) is 4.59. The number of aryl methyl sites for hydroxylation is 1. The van der Waals surface area contributed by atoms with Crippen LogP contribution in [-0.2, 0) is 6.42 Å². The van der Waals surface area contributed by atoms with E-state index in [2.05, 4.69) is 60.1 Å². The van der Waals surface area contributed by atoms with Crippen molar-refractivity contribution in [1.29, 1.82) is 0 Å². The van der Waals surface area contributed by atoms with Crippen LogP contribution in [0.2, 0.25) is 6.82 Å². The van der Waals surface area contributed by atoms with Gasteiger partial charge in [0.15, 0.2) is 0 Å². The predicted molar refractivity (Wildman–Crippen MR) is 98.3 cm³/mol. The van der Waals surface area contributed by atoms with Crippen LogP contribution in [0.15, 0.2) is 67.0 Å². The topological polar surface area (TPSA) is 37.9 Å². The number of imidazole rings is 1. The Bertz CT molecular complexity index is 684. The van der Waals surface area contributed by atoms with E-state index in [4.69, 9.17) is 4.74 Å². The number of aromatic nitrogens is 2. The van der Waals surface area contributed by atoms with E-state index in [-0.39, 0.29) is 0 Å². The molecular formula is C19H23BN2O. The van der Waals surface area contributed by atoms with Crippen LogP contribution in [-0.4, -0.2) is 23.8 Å². The summed E-state index contributed by atoms with van der Waals surface area (Å²) >= 11 is 0. The first kappa shape index (κ1) is 16.9. The van der Waals surface area contributed by atoms with Crippen molar-refractivity contribution in [2.24, 2.45) is 0 Å². The Labute approximate surface area is 138 Å². The molecule has 1 N–H and O–H groups in total. The average Bonchev–Trinajstić information content (AvgIpc) is 3.16. The molecule has 0 fully saturated rings. The Morgan fingerprint density at radius 3 is 2.30 bits per heavy atom. The summed E-state index contributed by atoms with van der Waals surface area (Å²) in [6, 6.07) is 18.7. The van der Waals surface area contributed by atoms with Crippen molar-refractivity contribution < 1.29 is 4.74 Å². The molecule has 0 saturated heterocycles. The Hall–Kier alpha value is -2.49. The lowest BCUT2D eigenvalue weighted by molar-refractivity contribution is 0.418. The van der Waals surface area contributed by atoms with Crippen molar-refractivity contribution in [3.63, 3.8) is 0 Å². The Morgan fingerprint density at radius 1 is 1.04 bits per heavy atom. The highest BCUT2D eigenvalue weighted by Gasteiger charge is 2.16. The largest absolute Gasteiger partial charge is 0.497 e. The third-order valence-corrected chi connectivity index (χ3v) is 3.79. The van der Waals surface area contributed by atoms with E-state index in [1.807, 2.05) is 24.4 Å². The summed E-state index contributed by atoms with van der Waals surface area (Å²) in [5.74, 6) is 2.01. The van der Waals surface area contributed by atoms with Crippen LogP contribution in [0.3, 0.4) is 0 Å². The van der Waals surface area contributed by atoms with Gasteiger partial charge in [0, 0.05) is 18.8 Å². The van der Waals surface area contributed by atoms with Gasteiger partial charge in [-0.2, -0.15) is 0 Å². The number of nitrogens with zero attached hydrogens (tertiary/aromatic N) is 1. The molecule has 1 heterocycles. The summed E-state index contributed by atoms with van der Waals surface area (Å²) in [7, 11) is 1.72. The van der Waals surface area contributed by atoms with Crippen molar-refractivity contribution in [3.8, 4) is 5.75 Å². The molecule has 0 spiro atoms. The fraction of sp³-hybridized carbons (Fsp3) is 0.211. The maximum Gasteiger partial charge on any atom is 0.211 e. The third-order valence-electron chi connectivity index (χ3n) is 3.79. The number of rotatable bonds is 4. The molecule has 0 saturated carbocycles. The van der Waals surface area contributed by atoms with E-state index < -0.39 is 0 Å². The summed E-state index contributed by atoms with van der Waals surface area (Å²) in [5.41, 5.74) is 2.54. The SMILES string of the molecule is CCc1ncc[nH]1.COc1ccccc1B(C)c1ccccc1. The highest BCUT2D eigenvalue weighted by atomic mass is 16.5. The lowest BCUT2D eigenvalue weighted by Gasteiger charge is -2.13. The lowest BCUT2D eigenvalue weighted by Crippen LogP contribution is -2.39. The smallest absolute Gasteiger partial charge is 0.211 e. The maximum absolute atomic E-state index is 5.39. The Balaban J connectivity index is 0.000000229. The van der Waals surface area contributed by atoms with Crippen molar-refractivity contribution in [3.05, 3.63) is 72.8 Å². The molecule has 2 aromatic carbocycles. The molecule has 0 aliphatic rings. The zero-order valence-electron chi connectivity index (χ0n) is 14.0. The number of H-pyrrole nitrogens is 1. The van der Waals surface area contributed by atoms with Crippen molar-refractivity contribution >= 4 is 17.6 Å². The standard InChI is InChI=1S/C14H15BO.C5H8N2/c1-15(12-8-4-3-5-9-12)13-10-6-7-11-14(13)16-2;1-2-5-6-3-4-7-5/h3-11H,1-2H3;3-4H,2H2,1H3,(H,6,7). The van der Waals surface area contributed by atoms with E-state index in [1.165, 1.54) is 10.9 Å². The van der Waals surface area contributed by atoms with Gasteiger partial charge in [0.05, 0.1) is 7.11 Å². The number of methoxy groups -OCH3 is 1. The number of para-hydroxylation sites is 1. The number of hydrogen-bond donors (Lipinski definition) is 1. The van der Waals surface area contributed by atoms with E-state index in [1.54, 1.807) is 13.3 Å². The molecule has 3 aromatic rings. The number of nitrogens with one attached hydrogen (secondary N) is 1. The van der Waals surface area contributed by atoms with Gasteiger partial charge in [0.1, 0.15) is 11.6 Å². The number of ether oxygens (including phenoxy) is 1. The van der Waals surface area contributed by atoms with Crippen molar-refractivity contribution in [1.82, 2.24) is 9.97 Å². The van der Waals surface area contributed by atoms with Crippen LogP contribution in [0.1, 0.15) is 12.7 Å². The second kappa shape index (κ2) is 8.84. The van der Waals surface area contributed by atoms with Gasteiger partial charge in [-0.25, -0.2) is 4.98 Å². The third kappa shape index (κ3) is 4.75. The maximum atomic E-state index is 5.39. The van der Waals surface area contributed by atoms with E-state index in [0.717, 1.165) is 18.0 Å². The molecule has 0 radical (unpaired) electrons. The monoisotopic (exact) mass is 306 g/mol. The first-order valence-electron chi connectivity index (χ1n) is 7.92. The molecule has 0 aliphatic heterocycles. The Kier molecular flexibility index (Phi) is 6.48. The zero-order valence-corrected chi connectivity index (χ0v) is 14.0. The second-order valence-electron chi connectivity index (χ2n) is 5.26. The molecule has 0 aliphatic carbocycles.